The van der Waals surface area contributed by atoms with Gasteiger partial charge in [0.1, 0.15) is 5.75 Å². The van der Waals surface area contributed by atoms with Gasteiger partial charge in [-0.1, -0.05) is 54.4 Å². The molecular formula is C34H35N3O2. The zero-order valence-electron chi connectivity index (χ0n) is 23.1. The molecule has 0 aliphatic heterocycles. The van der Waals surface area contributed by atoms with E-state index in [9.17, 15) is 4.79 Å². The summed E-state index contributed by atoms with van der Waals surface area (Å²) in [4.78, 5) is 12.3. The molecule has 5 heteroatoms. The summed E-state index contributed by atoms with van der Waals surface area (Å²) in [6.45, 7) is 7.71. The van der Waals surface area contributed by atoms with E-state index >= 15 is 0 Å². The van der Waals surface area contributed by atoms with Crippen LogP contribution in [0.2, 0.25) is 0 Å². The van der Waals surface area contributed by atoms with E-state index in [-0.39, 0.29) is 5.91 Å². The number of hydrogen-bond acceptors (Lipinski definition) is 3. The first-order valence-corrected chi connectivity index (χ1v) is 13.6. The fraction of sp³-hybridized carbons (Fsp3) is 0.235. The van der Waals surface area contributed by atoms with Crippen LogP contribution in [-0.4, -0.2) is 29.3 Å². The fourth-order valence-electron chi connectivity index (χ4n) is 4.99. The maximum absolute atomic E-state index is 12.3. The molecule has 0 saturated heterocycles. The molecule has 5 rings (SSSR count). The second kappa shape index (κ2) is 11.6. The van der Waals surface area contributed by atoms with Crippen LogP contribution in [0.25, 0.3) is 33.3 Å². The monoisotopic (exact) mass is 517 g/mol. The van der Waals surface area contributed by atoms with Gasteiger partial charge in [0.05, 0.1) is 18.5 Å². The molecule has 4 aromatic carbocycles. The number of aryl methyl sites for hydroxylation is 4. The van der Waals surface area contributed by atoms with Gasteiger partial charge in [0, 0.05) is 29.8 Å². The lowest BCUT2D eigenvalue weighted by Crippen LogP contribution is -2.23. The number of hydrogen-bond donors (Lipinski definition) is 1. The van der Waals surface area contributed by atoms with Crippen LogP contribution in [0.4, 0.5) is 0 Å². The molecule has 198 valence electrons. The first-order valence-electron chi connectivity index (χ1n) is 13.6. The highest BCUT2D eigenvalue weighted by Crippen LogP contribution is 2.31. The summed E-state index contributed by atoms with van der Waals surface area (Å²) in [7, 11) is 1.69. The Morgan fingerprint density at radius 3 is 2.28 bits per heavy atom. The molecule has 39 heavy (non-hydrogen) atoms. The highest BCUT2D eigenvalue weighted by atomic mass is 16.5. The Bertz CT molecular complexity index is 1600. The fourth-order valence-corrected chi connectivity index (χ4v) is 4.99. The molecule has 0 saturated carbocycles. The van der Waals surface area contributed by atoms with Gasteiger partial charge in [0.2, 0.25) is 0 Å². The zero-order valence-corrected chi connectivity index (χ0v) is 23.1. The minimum absolute atomic E-state index is 0.0234. The standard InChI is InChI=1S/C34H35N3O2/c1-5-15-35-34(38)26-8-6-25(7-9-26)14-16-37-33(22-32(36-37)30-18-23(2)17-24(3)19-30)29-11-10-28-21-31(39-4)13-12-27(28)20-29/h6-13,17-22H,5,14-16H2,1-4H3,(H,35,38). The smallest absolute Gasteiger partial charge is 0.251 e. The van der Waals surface area contributed by atoms with Crippen molar-refractivity contribution in [1.82, 2.24) is 15.1 Å². The van der Waals surface area contributed by atoms with Crippen molar-refractivity contribution < 1.29 is 9.53 Å². The number of carbonyl (C=O) groups excluding carboxylic acids is 1. The molecule has 0 spiro atoms. The SMILES string of the molecule is CCCNC(=O)c1ccc(CCn2nc(-c3cc(C)cc(C)c3)cc2-c2ccc3cc(OC)ccc3c2)cc1. The van der Waals surface area contributed by atoms with E-state index in [1.165, 1.54) is 16.7 Å². The highest BCUT2D eigenvalue weighted by Gasteiger charge is 2.14. The van der Waals surface area contributed by atoms with Gasteiger partial charge >= 0.3 is 0 Å². The topological polar surface area (TPSA) is 56.2 Å². The van der Waals surface area contributed by atoms with Gasteiger partial charge in [0.15, 0.2) is 0 Å². The van der Waals surface area contributed by atoms with Crippen molar-refractivity contribution in [2.45, 2.75) is 40.2 Å². The van der Waals surface area contributed by atoms with E-state index < -0.39 is 0 Å². The predicted octanol–water partition coefficient (Wildman–Crippen LogP) is 7.38. The van der Waals surface area contributed by atoms with Crippen LogP contribution in [0.1, 0.15) is 40.4 Å². The molecule has 1 amide bonds. The molecule has 0 radical (unpaired) electrons. The number of fused-ring (bicyclic) bond motifs is 1. The zero-order chi connectivity index (χ0) is 27.4. The van der Waals surface area contributed by atoms with Crippen LogP contribution >= 0.6 is 0 Å². The Balaban J connectivity index is 1.46. The third-order valence-electron chi connectivity index (χ3n) is 7.00. The Hall–Kier alpha value is -4.38. The van der Waals surface area contributed by atoms with Gasteiger partial charge in [-0.3, -0.25) is 9.48 Å². The van der Waals surface area contributed by atoms with Crippen LogP contribution in [0.15, 0.2) is 84.9 Å². The van der Waals surface area contributed by atoms with E-state index in [1.807, 2.05) is 37.3 Å². The summed E-state index contributed by atoms with van der Waals surface area (Å²) in [6.07, 6.45) is 1.73. The maximum atomic E-state index is 12.3. The quantitative estimate of drug-likeness (QED) is 0.222. The van der Waals surface area contributed by atoms with E-state index in [2.05, 4.69) is 78.4 Å². The van der Waals surface area contributed by atoms with E-state index in [1.54, 1.807) is 7.11 Å². The Labute approximate surface area is 230 Å². The summed E-state index contributed by atoms with van der Waals surface area (Å²) in [5.41, 5.74) is 8.61. The van der Waals surface area contributed by atoms with Crippen molar-refractivity contribution in [3.63, 3.8) is 0 Å². The second-order valence-corrected chi connectivity index (χ2v) is 10.1. The number of methoxy groups -OCH3 is 1. The second-order valence-electron chi connectivity index (χ2n) is 10.1. The van der Waals surface area contributed by atoms with Crippen molar-refractivity contribution >= 4 is 16.7 Å². The van der Waals surface area contributed by atoms with Crippen LogP contribution in [-0.2, 0) is 13.0 Å². The molecule has 0 unspecified atom stereocenters. The van der Waals surface area contributed by atoms with Gasteiger partial charge in [-0.05, 0) is 91.6 Å². The number of ether oxygens (including phenoxy) is 1. The first-order chi connectivity index (χ1) is 18.9. The normalized spacial score (nSPS) is 11.1. The number of nitrogens with one attached hydrogen (secondary N) is 1. The summed E-state index contributed by atoms with van der Waals surface area (Å²) in [5.74, 6) is 0.830. The van der Waals surface area contributed by atoms with Gasteiger partial charge in [0.25, 0.3) is 5.91 Å². The van der Waals surface area contributed by atoms with E-state index in [4.69, 9.17) is 9.84 Å². The van der Waals surface area contributed by atoms with Crippen LogP contribution < -0.4 is 10.1 Å². The molecule has 0 atom stereocenters. The van der Waals surface area contributed by atoms with Crippen molar-refractivity contribution in [3.05, 3.63) is 107 Å². The number of benzene rings is 4. The third-order valence-corrected chi connectivity index (χ3v) is 7.00. The average Bonchev–Trinajstić information content (AvgIpc) is 3.38. The lowest BCUT2D eigenvalue weighted by atomic mass is 10.0. The largest absolute Gasteiger partial charge is 0.497 e. The van der Waals surface area contributed by atoms with Gasteiger partial charge in [-0.25, -0.2) is 0 Å². The van der Waals surface area contributed by atoms with Gasteiger partial charge < -0.3 is 10.1 Å². The summed E-state index contributed by atoms with van der Waals surface area (Å²) in [6, 6.07) is 29.3. The van der Waals surface area contributed by atoms with E-state index in [0.717, 1.165) is 58.4 Å². The number of carbonyl (C=O) groups is 1. The molecule has 1 N–H and O–H groups in total. The minimum Gasteiger partial charge on any atom is -0.497 e. The van der Waals surface area contributed by atoms with Crippen molar-refractivity contribution in [2.24, 2.45) is 0 Å². The number of amides is 1. The molecule has 0 bridgehead atoms. The first kappa shape index (κ1) is 26.2. The number of nitrogens with zero attached hydrogens (tertiary/aromatic N) is 2. The molecule has 0 aliphatic carbocycles. The molecule has 0 aliphatic rings. The third kappa shape index (κ3) is 6.04. The lowest BCUT2D eigenvalue weighted by molar-refractivity contribution is 0.0953. The van der Waals surface area contributed by atoms with Gasteiger partial charge in [-0.2, -0.15) is 5.10 Å². The van der Waals surface area contributed by atoms with Crippen LogP contribution in [0.5, 0.6) is 5.75 Å². The lowest BCUT2D eigenvalue weighted by Gasteiger charge is -2.10. The summed E-state index contributed by atoms with van der Waals surface area (Å²) >= 11 is 0. The Morgan fingerprint density at radius 2 is 1.56 bits per heavy atom. The van der Waals surface area contributed by atoms with Crippen molar-refractivity contribution in [2.75, 3.05) is 13.7 Å². The minimum atomic E-state index is -0.0234. The molecule has 5 aromatic rings. The number of rotatable bonds is 9. The van der Waals surface area contributed by atoms with Crippen LogP contribution in [0, 0.1) is 13.8 Å². The van der Waals surface area contributed by atoms with Crippen LogP contribution in [0.3, 0.4) is 0 Å². The molecule has 1 heterocycles. The summed E-state index contributed by atoms with van der Waals surface area (Å²) in [5, 5.41) is 10.3. The highest BCUT2D eigenvalue weighted by molar-refractivity contribution is 5.94. The average molecular weight is 518 g/mol. The molecule has 5 nitrogen and oxygen atoms in total. The van der Waals surface area contributed by atoms with Crippen molar-refractivity contribution in [3.8, 4) is 28.3 Å². The van der Waals surface area contributed by atoms with Gasteiger partial charge in [-0.15, -0.1) is 0 Å². The predicted molar refractivity (Wildman–Crippen MR) is 159 cm³/mol. The molecular weight excluding hydrogens is 482 g/mol. The van der Waals surface area contributed by atoms with E-state index in [0.29, 0.717) is 12.1 Å². The van der Waals surface area contributed by atoms with Crippen molar-refractivity contribution in [1.29, 1.82) is 0 Å². The Kier molecular flexibility index (Phi) is 7.78. The maximum Gasteiger partial charge on any atom is 0.251 e. The number of aromatic nitrogens is 2. The Morgan fingerprint density at radius 1 is 0.846 bits per heavy atom. The summed E-state index contributed by atoms with van der Waals surface area (Å²) < 4.78 is 7.51. The molecule has 0 fully saturated rings. The molecule has 1 aromatic heterocycles.